The average molecular weight is 481 g/mol. The highest BCUT2D eigenvalue weighted by atomic mass is 19.4. The molecule has 3 aromatic rings. The number of aromatic nitrogens is 1. The van der Waals surface area contributed by atoms with E-state index in [2.05, 4.69) is 9.72 Å². The van der Waals surface area contributed by atoms with Gasteiger partial charge < -0.3 is 18.6 Å². The van der Waals surface area contributed by atoms with Crippen molar-refractivity contribution in [2.75, 3.05) is 13.7 Å². The summed E-state index contributed by atoms with van der Waals surface area (Å²) in [6, 6.07) is 9.37. The summed E-state index contributed by atoms with van der Waals surface area (Å²) in [5, 5.41) is 0. The molecule has 1 heterocycles. The molecule has 1 unspecified atom stereocenters. The summed E-state index contributed by atoms with van der Waals surface area (Å²) in [7, 11) is 1.14. The summed E-state index contributed by atoms with van der Waals surface area (Å²) in [6.07, 6.45) is -6.18. The second kappa shape index (κ2) is 10.7. The lowest BCUT2D eigenvalue weighted by molar-refractivity contribution is -0.154. The molecule has 3 rings (SSSR count). The van der Waals surface area contributed by atoms with E-state index in [4.69, 9.17) is 13.9 Å². The minimum absolute atomic E-state index is 0.0466. The number of esters is 1. The number of carbonyl (C=O) groups excluding carboxylic acids is 1. The first-order chi connectivity index (χ1) is 16.1. The number of nitrogens with zero attached hydrogens (tertiary/aromatic N) is 1. The van der Waals surface area contributed by atoms with Gasteiger partial charge in [0.1, 0.15) is 29.6 Å². The zero-order chi connectivity index (χ0) is 24.9. The molecule has 0 N–H and O–H groups in total. The van der Waals surface area contributed by atoms with E-state index >= 15 is 0 Å². The molecule has 0 fully saturated rings. The number of alkyl halides is 3. The van der Waals surface area contributed by atoms with Crippen molar-refractivity contribution in [2.45, 2.75) is 39.2 Å². The van der Waals surface area contributed by atoms with Crippen LogP contribution in [0.2, 0.25) is 0 Å². The fourth-order valence-corrected chi connectivity index (χ4v) is 3.29. The van der Waals surface area contributed by atoms with Gasteiger partial charge in [0.05, 0.1) is 18.2 Å². The Morgan fingerprint density at radius 3 is 2.56 bits per heavy atom. The van der Waals surface area contributed by atoms with Crippen molar-refractivity contribution in [1.29, 1.82) is 0 Å². The van der Waals surface area contributed by atoms with Gasteiger partial charge in [-0.05, 0) is 43.7 Å². The highest BCUT2D eigenvalue weighted by molar-refractivity contribution is 5.75. The largest absolute Gasteiger partial charge is 0.487 e. The number of methoxy groups -OCH3 is 1. The molecule has 0 aliphatic heterocycles. The quantitative estimate of drug-likeness (QED) is 0.297. The Morgan fingerprint density at radius 2 is 1.91 bits per heavy atom. The predicted molar refractivity (Wildman–Crippen MR) is 114 cm³/mol. The van der Waals surface area contributed by atoms with Gasteiger partial charge in [0, 0.05) is 13.0 Å². The van der Waals surface area contributed by atoms with Crippen LogP contribution in [-0.2, 0) is 33.5 Å². The highest BCUT2D eigenvalue weighted by Crippen LogP contribution is 2.35. The Morgan fingerprint density at radius 1 is 1.18 bits per heavy atom. The lowest BCUT2D eigenvalue weighted by Crippen LogP contribution is -2.29. The Labute approximate surface area is 193 Å². The molecule has 1 aromatic heterocycles. The molecule has 1 atom stereocenters. The minimum atomic E-state index is -4.69. The third kappa shape index (κ3) is 5.93. The molecule has 0 saturated carbocycles. The maximum Gasteiger partial charge on any atom is 0.416 e. The fourth-order valence-electron chi connectivity index (χ4n) is 3.29. The van der Waals surface area contributed by atoms with Gasteiger partial charge in [-0.25, -0.2) is 14.2 Å². The van der Waals surface area contributed by atoms with Crippen molar-refractivity contribution in [2.24, 2.45) is 0 Å². The zero-order valence-electron chi connectivity index (χ0n) is 18.7. The number of oxazole rings is 1. The van der Waals surface area contributed by atoms with Crippen LogP contribution in [0.1, 0.15) is 29.5 Å². The molecule has 0 aliphatic carbocycles. The van der Waals surface area contributed by atoms with E-state index in [1.54, 1.807) is 19.9 Å². The van der Waals surface area contributed by atoms with Crippen LogP contribution >= 0.6 is 0 Å². The summed E-state index contributed by atoms with van der Waals surface area (Å²) >= 11 is 0. The van der Waals surface area contributed by atoms with E-state index in [9.17, 15) is 22.4 Å². The molecule has 0 spiro atoms. The lowest BCUT2D eigenvalue weighted by atomic mass is 10.0. The maximum atomic E-state index is 14.0. The van der Waals surface area contributed by atoms with Crippen LogP contribution in [0.15, 0.2) is 46.9 Å². The number of ether oxygens (including phenoxy) is 3. The molecule has 0 saturated heterocycles. The number of halogens is 4. The van der Waals surface area contributed by atoms with Gasteiger partial charge in [0.25, 0.3) is 0 Å². The molecule has 0 bridgehead atoms. The summed E-state index contributed by atoms with van der Waals surface area (Å²) in [6.45, 7) is 3.17. The molecular weight excluding hydrogens is 458 g/mol. The van der Waals surface area contributed by atoms with E-state index in [1.807, 2.05) is 0 Å². The third-order valence-corrected chi connectivity index (χ3v) is 5.00. The molecule has 34 heavy (non-hydrogen) atoms. The van der Waals surface area contributed by atoms with Crippen LogP contribution in [0.4, 0.5) is 17.6 Å². The van der Waals surface area contributed by atoms with Crippen molar-refractivity contribution in [1.82, 2.24) is 4.98 Å². The van der Waals surface area contributed by atoms with E-state index in [0.29, 0.717) is 11.5 Å². The molecule has 10 heteroatoms. The van der Waals surface area contributed by atoms with Gasteiger partial charge in [0.15, 0.2) is 6.10 Å². The molecule has 0 amide bonds. The van der Waals surface area contributed by atoms with E-state index in [1.165, 1.54) is 30.3 Å². The number of hydrogen-bond acceptors (Lipinski definition) is 6. The maximum absolute atomic E-state index is 14.0. The van der Waals surface area contributed by atoms with Gasteiger partial charge in [-0.2, -0.15) is 13.2 Å². The van der Waals surface area contributed by atoms with Crippen molar-refractivity contribution in [3.05, 3.63) is 70.9 Å². The summed E-state index contributed by atoms with van der Waals surface area (Å²) in [5.41, 5.74) is -0.612. The highest BCUT2D eigenvalue weighted by Gasteiger charge is 2.35. The van der Waals surface area contributed by atoms with Gasteiger partial charge in [-0.3, -0.25) is 0 Å². The second-order valence-electron chi connectivity index (χ2n) is 7.28. The van der Waals surface area contributed by atoms with Crippen LogP contribution in [0.3, 0.4) is 0 Å². The Balaban J connectivity index is 1.81. The van der Waals surface area contributed by atoms with Gasteiger partial charge in [-0.15, -0.1) is 0 Å². The number of rotatable bonds is 9. The fraction of sp³-hybridized carbons (Fsp3) is 0.333. The minimum Gasteiger partial charge on any atom is -0.487 e. The second-order valence-corrected chi connectivity index (χ2v) is 7.28. The van der Waals surface area contributed by atoms with Gasteiger partial charge in [0.2, 0.25) is 5.89 Å². The monoisotopic (exact) mass is 481 g/mol. The summed E-state index contributed by atoms with van der Waals surface area (Å²) in [5.74, 6) is -0.938. The Bertz CT molecular complexity index is 1140. The summed E-state index contributed by atoms with van der Waals surface area (Å²) < 4.78 is 76.1. The van der Waals surface area contributed by atoms with Crippen molar-refractivity contribution < 1.29 is 41.0 Å². The Kier molecular flexibility index (Phi) is 7.93. The molecule has 182 valence electrons. The van der Waals surface area contributed by atoms with E-state index < -0.39 is 29.6 Å². The molecule has 0 radical (unpaired) electrons. The van der Waals surface area contributed by atoms with E-state index in [-0.39, 0.29) is 42.4 Å². The van der Waals surface area contributed by atoms with E-state index in [0.717, 1.165) is 13.2 Å². The van der Waals surface area contributed by atoms with Gasteiger partial charge in [-0.1, -0.05) is 18.2 Å². The number of carbonyl (C=O) groups is 1. The third-order valence-electron chi connectivity index (χ3n) is 5.00. The number of hydrogen-bond donors (Lipinski definition) is 0. The van der Waals surface area contributed by atoms with Crippen LogP contribution in [0, 0.1) is 12.7 Å². The smallest absolute Gasteiger partial charge is 0.416 e. The van der Waals surface area contributed by atoms with Crippen LogP contribution < -0.4 is 4.74 Å². The van der Waals surface area contributed by atoms with Crippen molar-refractivity contribution in [3.8, 4) is 17.2 Å². The number of aryl methyl sites for hydroxylation is 1. The number of benzene rings is 2. The molecule has 6 nitrogen and oxygen atoms in total. The first-order valence-electron chi connectivity index (χ1n) is 10.4. The van der Waals surface area contributed by atoms with Crippen LogP contribution in [0.5, 0.6) is 5.75 Å². The first-order valence-corrected chi connectivity index (χ1v) is 10.4. The summed E-state index contributed by atoms with van der Waals surface area (Å²) in [4.78, 5) is 16.1. The molecule has 0 aliphatic rings. The standard InChI is InChI=1S/C24H23F4NO5/c1-4-32-21(23(30)31-3)11-15-9-10-16(12-18(15)24(26,27)28)33-13-20-14(2)34-22(29-20)17-7-5-6-8-19(17)25/h5-10,12,21H,4,11,13H2,1-3H3. The van der Waals surface area contributed by atoms with Crippen molar-refractivity contribution >= 4 is 5.97 Å². The average Bonchev–Trinajstić information content (AvgIpc) is 3.17. The van der Waals surface area contributed by atoms with Crippen LogP contribution in [-0.4, -0.2) is 30.8 Å². The topological polar surface area (TPSA) is 70.8 Å². The van der Waals surface area contributed by atoms with Crippen LogP contribution in [0.25, 0.3) is 11.5 Å². The predicted octanol–water partition coefficient (Wildman–Crippen LogP) is 5.51. The van der Waals surface area contributed by atoms with Gasteiger partial charge >= 0.3 is 12.1 Å². The SMILES string of the molecule is CCOC(Cc1ccc(OCc2nc(-c3ccccc3F)oc2C)cc1C(F)(F)F)C(=O)OC. The Hall–Kier alpha value is -3.40. The lowest BCUT2D eigenvalue weighted by Gasteiger charge is -2.19. The normalized spacial score (nSPS) is 12.4. The molecular formula is C24H23F4NO5. The molecule has 2 aromatic carbocycles. The zero-order valence-corrected chi connectivity index (χ0v) is 18.7. The van der Waals surface area contributed by atoms with Crippen molar-refractivity contribution in [3.63, 3.8) is 0 Å². The first kappa shape index (κ1) is 25.2.